The molecule has 0 heterocycles. The molecule has 4 heteroatoms. The van der Waals surface area contributed by atoms with Crippen LogP contribution in [0.25, 0.3) is 0 Å². The summed E-state index contributed by atoms with van der Waals surface area (Å²) in [7, 11) is 0. The van der Waals surface area contributed by atoms with E-state index in [0.29, 0.717) is 12.5 Å². The third-order valence-corrected chi connectivity index (χ3v) is 1.96. The lowest BCUT2D eigenvalue weighted by Crippen LogP contribution is -2.49. The van der Waals surface area contributed by atoms with Crippen LogP contribution in [-0.4, -0.2) is 29.8 Å². The van der Waals surface area contributed by atoms with E-state index in [4.69, 9.17) is 15.6 Å². The van der Waals surface area contributed by atoms with Gasteiger partial charge in [0.25, 0.3) is 0 Å². The van der Waals surface area contributed by atoms with E-state index in [2.05, 4.69) is 13.8 Å². The first-order chi connectivity index (χ1) is 6.36. The number of carbonyl (C=O) groups is 1. The lowest BCUT2D eigenvalue weighted by molar-refractivity contribution is -0.145. The predicted octanol–water partition coefficient (Wildman–Crippen LogP) is 1.24. The van der Waals surface area contributed by atoms with Crippen molar-refractivity contribution >= 4 is 5.97 Å². The van der Waals surface area contributed by atoms with Crippen molar-refractivity contribution in [1.29, 1.82) is 0 Å². The molecule has 0 saturated carbocycles. The van der Waals surface area contributed by atoms with Crippen LogP contribution >= 0.6 is 0 Å². The summed E-state index contributed by atoms with van der Waals surface area (Å²) in [6.45, 7) is 6.39. The normalized spacial score (nSPS) is 15.5. The van der Waals surface area contributed by atoms with Gasteiger partial charge < -0.3 is 15.6 Å². The maximum atomic E-state index is 10.6. The Morgan fingerprint density at radius 2 is 2.14 bits per heavy atom. The maximum Gasteiger partial charge on any atom is 0.325 e. The van der Waals surface area contributed by atoms with Crippen LogP contribution in [0.5, 0.6) is 0 Å². The predicted molar refractivity (Wildman–Crippen MR) is 55.1 cm³/mol. The molecule has 0 fully saturated rings. The van der Waals surface area contributed by atoms with Crippen molar-refractivity contribution < 1.29 is 14.6 Å². The van der Waals surface area contributed by atoms with Gasteiger partial charge in [0, 0.05) is 6.61 Å². The molecule has 0 radical (unpaired) electrons. The van der Waals surface area contributed by atoms with Gasteiger partial charge in [0.15, 0.2) is 0 Å². The van der Waals surface area contributed by atoms with Crippen LogP contribution in [0, 0.1) is 5.92 Å². The SMILES string of the molecule is CC(C)CCCOCC(C)(N)C(=O)O. The number of rotatable bonds is 7. The van der Waals surface area contributed by atoms with Gasteiger partial charge in [0.05, 0.1) is 6.61 Å². The fourth-order valence-corrected chi connectivity index (χ4v) is 0.940. The van der Waals surface area contributed by atoms with Gasteiger partial charge in [-0.2, -0.15) is 0 Å². The third kappa shape index (κ3) is 5.94. The van der Waals surface area contributed by atoms with Crippen LogP contribution in [0.2, 0.25) is 0 Å². The first-order valence-corrected chi connectivity index (χ1v) is 4.96. The van der Waals surface area contributed by atoms with Gasteiger partial charge in [-0.15, -0.1) is 0 Å². The molecule has 1 unspecified atom stereocenters. The molecule has 0 saturated heterocycles. The average molecular weight is 203 g/mol. The fraction of sp³-hybridized carbons (Fsp3) is 0.900. The van der Waals surface area contributed by atoms with Crippen molar-refractivity contribution in [3.63, 3.8) is 0 Å². The largest absolute Gasteiger partial charge is 0.480 e. The molecular weight excluding hydrogens is 182 g/mol. The lowest BCUT2D eigenvalue weighted by atomic mass is 10.1. The van der Waals surface area contributed by atoms with Crippen LogP contribution < -0.4 is 5.73 Å². The van der Waals surface area contributed by atoms with Crippen LogP contribution in [0.4, 0.5) is 0 Å². The lowest BCUT2D eigenvalue weighted by Gasteiger charge is -2.18. The van der Waals surface area contributed by atoms with Gasteiger partial charge in [0.2, 0.25) is 0 Å². The summed E-state index contributed by atoms with van der Waals surface area (Å²) >= 11 is 0. The van der Waals surface area contributed by atoms with Gasteiger partial charge >= 0.3 is 5.97 Å². The first kappa shape index (κ1) is 13.4. The second kappa shape index (κ2) is 5.98. The highest BCUT2D eigenvalue weighted by Gasteiger charge is 2.27. The molecule has 0 rings (SSSR count). The molecule has 0 aromatic heterocycles. The number of hydrogen-bond acceptors (Lipinski definition) is 3. The smallest absolute Gasteiger partial charge is 0.325 e. The zero-order valence-corrected chi connectivity index (χ0v) is 9.25. The minimum Gasteiger partial charge on any atom is -0.480 e. The monoisotopic (exact) mass is 203 g/mol. The van der Waals surface area contributed by atoms with E-state index in [1.165, 1.54) is 6.92 Å². The highest BCUT2D eigenvalue weighted by molar-refractivity contribution is 5.77. The number of aliphatic carboxylic acids is 1. The summed E-state index contributed by atoms with van der Waals surface area (Å²) in [5, 5.41) is 8.68. The first-order valence-electron chi connectivity index (χ1n) is 4.96. The molecule has 0 aromatic carbocycles. The van der Waals surface area contributed by atoms with E-state index in [-0.39, 0.29) is 6.61 Å². The minimum absolute atomic E-state index is 0.0699. The quantitative estimate of drug-likeness (QED) is 0.611. The van der Waals surface area contributed by atoms with Crippen LogP contribution in [0.1, 0.15) is 33.6 Å². The molecule has 0 aliphatic carbocycles. The Kier molecular flexibility index (Phi) is 5.72. The topological polar surface area (TPSA) is 72.5 Å². The molecule has 0 bridgehead atoms. The second-order valence-electron chi connectivity index (χ2n) is 4.31. The zero-order chi connectivity index (χ0) is 11.2. The van der Waals surface area contributed by atoms with Crippen molar-refractivity contribution in [1.82, 2.24) is 0 Å². The molecule has 4 nitrogen and oxygen atoms in total. The van der Waals surface area contributed by atoms with E-state index in [1.807, 2.05) is 0 Å². The Hall–Kier alpha value is -0.610. The summed E-state index contributed by atoms with van der Waals surface area (Å²) in [4.78, 5) is 10.6. The number of carboxylic acid groups (broad SMARTS) is 1. The Morgan fingerprint density at radius 3 is 2.57 bits per heavy atom. The number of hydrogen-bond donors (Lipinski definition) is 2. The molecule has 0 aliphatic heterocycles. The molecule has 3 N–H and O–H groups in total. The Balaban J connectivity index is 3.49. The molecule has 1 atom stereocenters. The Morgan fingerprint density at radius 1 is 1.57 bits per heavy atom. The summed E-state index contributed by atoms with van der Waals surface area (Å²) in [6, 6.07) is 0. The average Bonchev–Trinajstić information content (AvgIpc) is 2.02. The Bertz CT molecular complexity index is 178. The Labute approximate surface area is 85.4 Å². The molecule has 0 amide bonds. The summed E-state index contributed by atoms with van der Waals surface area (Å²) in [5.74, 6) is -0.372. The molecular formula is C10H21NO3. The summed E-state index contributed by atoms with van der Waals surface area (Å²) < 4.78 is 5.20. The van der Waals surface area contributed by atoms with Crippen LogP contribution in [0.3, 0.4) is 0 Å². The van der Waals surface area contributed by atoms with Crippen molar-refractivity contribution in [3.05, 3.63) is 0 Å². The third-order valence-electron chi connectivity index (χ3n) is 1.96. The molecule has 0 spiro atoms. The molecule has 0 aromatic rings. The molecule has 14 heavy (non-hydrogen) atoms. The van der Waals surface area contributed by atoms with E-state index in [9.17, 15) is 4.79 Å². The van der Waals surface area contributed by atoms with Crippen LogP contribution in [0.15, 0.2) is 0 Å². The second-order valence-corrected chi connectivity index (χ2v) is 4.31. The standard InChI is InChI=1S/C10H21NO3/c1-8(2)5-4-6-14-7-10(3,11)9(12)13/h8H,4-7,11H2,1-3H3,(H,12,13). The number of ether oxygens (including phenoxy) is 1. The minimum atomic E-state index is -1.27. The van der Waals surface area contributed by atoms with E-state index in [1.54, 1.807) is 0 Å². The van der Waals surface area contributed by atoms with Crippen molar-refractivity contribution in [2.75, 3.05) is 13.2 Å². The van der Waals surface area contributed by atoms with Gasteiger partial charge in [-0.25, -0.2) is 0 Å². The van der Waals surface area contributed by atoms with E-state index in [0.717, 1.165) is 12.8 Å². The van der Waals surface area contributed by atoms with Gasteiger partial charge in [-0.1, -0.05) is 13.8 Å². The van der Waals surface area contributed by atoms with Gasteiger partial charge in [0.1, 0.15) is 5.54 Å². The van der Waals surface area contributed by atoms with Crippen molar-refractivity contribution in [2.45, 2.75) is 39.2 Å². The van der Waals surface area contributed by atoms with E-state index >= 15 is 0 Å². The van der Waals surface area contributed by atoms with Crippen molar-refractivity contribution in [3.8, 4) is 0 Å². The summed E-state index contributed by atoms with van der Waals surface area (Å²) in [6.07, 6.45) is 2.04. The van der Waals surface area contributed by atoms with Crippen molar-refractivity contribution in [2.24, 2.45) is 11.7 Å². The maximum absolute atomic E-state index is 10.6. The van der Waals surface area contributed by atoms with Gasteiger partial charge in [-0.3, -0.25) is 4.79 Å². The highest BCUT2D eigenvalue weighted by Crippen LogP contribution is 2.05. The number of carboxylic acids is 1. The molecule has 0 aliphatic rings. The van der Waals surface area contributed by atoms with Gasteiger partial charge in [-0.05, 0) is 25.7 Å². The number of nitrogens with two attached hydrogens (primary N) is 1. The van der Waals surface area contributed by atoms with Crippen LogP contribution in [-0.2, 0) is 9.53 Å². The zero-order valence-electron chi connectivity index (χ0n) is 9.25. The fourth-order valence-electron chi connectivity index (χ4n) is 0.940. The van der Waals surface area contributed by atoms with E-state index < -0.39 is 11.5 Å². The summed E-state index contributed by atoms with van der Waals surface area (Å²) in [5.41, 5.74) is 4.21. The molecule has 84 valence electrons. The highest BCUT2D eigenvalue weighted by atomic mass is 16.5.